The second-order valence-electron chi connectivity index (χ2n) is 23.4. The second kappa shape index (κ2) is 68.3. The summed E-state index contributed by atoms with van der Waals surface area (Å²) in [7, 11) is 0. The van der Waals surface area contributed by atoms with E-state index in [1.807, 2.05) is 0 Å². The highest BCUT2D eigenvalue weighted by Crippen LogP contribution is 2.18. The summed E-state index contributed by atoms with van der Waals surface area (Å²) in [6, 6.07) is 0. The normalized spacial score (nSPS) is 12.5. The predicted octanol–water partition coefficient (Wildman–Crippen LogP) is 24.1. The number of ether oxygens (including phenoxy) is 3. The summed E-state index contributed by atoms with van der Waals surface area (Å²) < 4.78 is 17.0. The van der Waals surface area contributed by atoms with Gasteiger partial charge in [-0.3, -0.25) is 14.4 Å². The van der Waals surface area contributed by atoms with Crippen molar-refractivity contribution in [3.8, 4) is 0 Å². The number of carbonyl (C=O) groups excluding carboxylic acids is 3. The lowest BCUT2D eigenvalue weighted by molar-refractivity contribution is -0.167. The van der Waals surface area contributed by atoms with Crippen LogP contribution in [0.15, 0.2) is 72.9 Å². The zero-order chi connectivity index (χ0) is 57.8. The van der Waals surface area contributed by atoms with Gasteiger partial charge in [0.1, 0.15) is 13.2 Å². The minimum Gasteiger partial charge on any atom is -0.462 e. The smallest absolute Gasteiger partial charge is 0.306 e. The molecule has 0 fully saturated rings. The summed E-state index contributed by atoms with van der Waals surface area (Å²) in [5.41, 5.74) is 0. The SMILES string of the molecule is CC/C=C\C/C=C\C/C=C\C/C=C\C/C=C\C/C=C\CCCCCCCCC(=O)OCC(COC(=O)CCCCCCCCCCCCCCCCC)OC(=O)CCCCCCCCCCCCCCCCCCCCCCCC. The first-order valence-corrected chi connectivity index (χ1v) is 34.9. The molecule has 0 saturated heterocycles. The molecule has 0 N–H and O–H groups in total. The Balaban J connectivity index is 4.34. The van der Waals surface area contributed by atoms with Gasteiger partial charge >= 0.3 is 17.9 Å². The lowest BCUT2D eigenvalue weighted by atomic mass is 10.0. The van der Waals surface area contributed by atoms with Gasteiger partial charge in [0.15, 0.2) is 6.10 Å². The lowest BCUT2D eigenvalue weighted by Crippen LogP contribution is -2.30. The van der Waals surface area contributed by atoms with Crippen molar-refractivity contribution in [3.63, 3.8) is 0 Å². The fourth-order valence-electron chi connectivity index (χ4n) is 10.3. The highest BCUT2D eigenvalue weighted by Gasteiger charge is 2.19. The van der Waals surface area contributed by atoms with Gasteiger partial charge in [0.25, 0.3) is 0 Å². The molecule has 1 atom stereocenters. The summed E-state index contributed by atoms with van der Waals surface area (Å²) in [4.78, 5) is 38.4. The Morgan fingerprint density at radius 1 is 0.263 bits per heavy atom. The van der Waals surface area contributed by atoms with Gasteiger partial charge in [-0.1, -0.05) is 344 Å². The quantitative estimate of drug-likeness (QED) is 0.0261. The Labute approximate surface area is 497 Å². The Hall–Kier alpha value is -3.15. The summed E-state index contributed by atoms with van der Waals surface area (Å²) in [5.74, 6) is -0.866. The standard InChI is InChI=1S/C74H132O6/c1-4-7-10-13-16-19-22-25-28-30-32-34-36-37-38-40-41-43-46-49-52-55-58-61-64-67-73(76)79-70-71(69-78-72(75)66-63-60-57-54-51-48-45-27-24-21-18-15-12-9-6-3)80-74(77)68-65-62-59-56-53-50-47-44-42-39-35-33-31-29-26-23-20-17-14-11-8-5-2/h7,10,16,19,25,28,32,34,37-38,41,43,71H,4-6,8-9,11-15,17-18,20-24,26-27,29-31,33,35-36,39-40,42,44-70H2,1-3H3/b10-7-,19-16-,28-25-,34-32-,38-37-,43-41-. The van der Waals surface area contributed by atoms with Gasteiger partial charge in [-0.05, 0) is 70.6 Å². The maximum atomic E-state index is 13.0. The van der Waals surface area contributed by atoms with Crippen LogP contribution in [0.1, 0.15) is 361 Å². The van der Waals surface area contributed by atoms with Gasteiger partial charge in [0.2, 0.25) is 0 Å². The van der Waals surface area contributed by atoms with E-state index in [0.717, 1.165) is 103 Å². The number of rotatable bonds is 64. The van der Waals surface area contributed by atoms with E-state index in [9.17, 15) is 14.4 Å². The van der Waals surface area contributed by atoms with Crippen molar-refractivity contribution < 1.29 is 28.6 Å². The van der Waals surface area contributed by atoms with Crippen LogP contribution in [-0.4, -0.2) is 37.2 Å². The highest BCUT2D eigenvalue weighted by molar-refractivity contribution is 5.71. The fraction of sp³-hybridized carbons (Fsp3) is 0.797. The molecule has 1 unspecified atom stereocenters. The molecule has 0 spiro atoms. The molecular weight excluding hydrogens is 985 g/mol. The van der Waals surface area contributed by atoms with E-state index < -0.39 is 6.10 Å². The highest BCUT2D eigenvalue weighted by atomic mass is 16.6. The van der Waals surface area contributed by atoms with E-state index in [-0.39, 0.29) is 31.1 Å². The monoisotopic (exact) mass is 1120 g/mol. The molecule has 0 aliphatic heterocycles. The van der Waals surface area contributed by atoms with Crippen LogP contribution in [0.4, 0.5) is 0 Å². The minimum absolute atomic E-state index is 0.0749. The number of allylic oxidation sites excluding steroid dienone is 12. The summed E-state index contributed by atoms with van der Waals surface area (Å²) in [6.45, 7) is 6.58. The van der Waals surface area contributed by atoms with E-state index in [2.05, 4.69) is 93.7 Å². The second-order valence-corrected chi connectivity index (χ2v) is 23.4. The Bertz CT molecular complexity index is 1470. The van der Waals surface area contributed by atoms with Crippen molar-refractivity contribution in [1.82, 2.24) is 0 Å². The molecule has 0 radical (unpaired) electrons. The van der Waals surface area contributed by atoms with Gasteiger partial charge < -0.3 is 14.2 Å². The molecule has 0 heterocycles. The molecule has 0 aromatic heterocycles. The lowest BCUT2D eigenvalue weighted by Gasteiger charge is -2.18. The molecule has 464 valence electrons. The van der Waals surface area contributed by atoms with Gasteiger partial charge in [-0.2, -0.15) is 0 Å². The van der Waals surface area contributed by atoms with Crippen LogP contribution in [-0.2, 0) is 28.6 Å². The van der Waals surface area contributed by atoms with Crippen molar-refractivity contribution in [2.24, 2.45) is 0 Å². The van der Waals surface area contributed by atoms with Crippen LogP contribution in [0, 0.1) is 0 Å². The zero-order valence-electron chi connectivity index (χ0n) is 53.3. The van der Waals surface area contributed by atoms with Crippen molar-refractivity contribution >= 4 is 17.9 Å². The van der Waals surface area contributed by atoms with E-state index in [1.54, 1.807) is 0 Å². The van der Waals surface area contributed by atoms with Crippen molar-refractivity contribution in [2.75, 3.05) is 13.2 Å². The van der Waals surface area contributed by atoms with Crippen LogP contribution in [0.5, 0.6) is 0 Å². The molecule has 0 bridgehead atoms. The van der Waals surface area contributed by atoms with Crippen LogP contribution < -0.4 is 0 Å². The van der Waals surface area contributed by atoms with E-state index in [1.165, 1.54) is 218 Å². The van der Waals surface area contributed by atoms with Crippen molar-refractivity contribution in [2.45, 2.75) is 367 Å². The molecular formula is C74H132O6. The third-order valence-electron chi connectivity index (χ3n) is 15.5. The molecule has 0 saturated carbocycles. The average molecular weight is 1120 g/mol. The van der Waals surface area contributed by atoms with Crippen LogP contribution >= 0.6 is 0 Å². The topological polar surface area (TPSA) is 78.9 Å². The first kappa shape index (κ1) is 76.9. The van der Waals surface area contributed by atoms with Gasteiger partial charge in [-0.25, -0.2) is 0 Å². The molecule has 6 nitrogen and oxygen atoms in total. The summed E-state index contributed by atoms with van der Waals surface area (Å²) >= 11 is 0. The Kier molecular flexibility index (Phi) is 65.7. The molecule has 0 aromatic carbocycles. The van der Waals surface area contributed by atoms with Gasteiger partial charge in [-0.15, -0.1) is 0 Å². The van der Waals surface area contributed by atoms with Gasteiger partial charge in [0.05, 0.1) is 0 Å². The molecule has 80 heavy (non-hydrogen) atoms. The van der Waals surface area contributed by atoms with Crippen LogP contribution in [0.3, 0.4) is 0 Å². The maximum absolute atomic E-state index is 13.0. The fourth-order valence-corrected chi connectivity index (χ4v) is 10.3. The third-order valence-corrected chi connectivity index (χ3v) is 15.5. The molecule has 0 rings (SSSR count). The van der Waals surface area contributed by atoms with Crippen LogP contribution in [0.2, 0.25) is 0 Å². The van der Waals surface area contributed by atoms with E-state index in [0.29, 0.717) is 19.3 Å². The molecule has 0 amide bonds. The summed E-state index contributed by atoms with van der Waals surface area (Å²) in [5, 5.41) is 0. The third kappa shape index (κ3) is 65.7. The average Bonchev–Trinajstić information content (AvgIpc) is 3.46. The first-order valence-electron chi connectivity index (χ1n) is 34.9. The largest absolute Gasteiger partial charge is 0.462 e. The minimum atomic E-state index is -0.780. The Morgan fingerprint density at radius 3 is 0.762 bits per heavy atom. The first-order chi connectivity index (χ1) is 39.5. The van der Waals surface area contributed by atoms with Crippen molar-refractivity contribution in [3.05, 3.63) is 72.9 Å². The molecule has 0 aliphatic carbocycles. The zero-order valence-corrected chi connectivity index (χ0v) is 53.3. The number of carbonyl (C=O) groups is 3. The molecule has 6 heteroatoms. The Morgan fingerprint density at radius 2 is 0.487 bits per heavy atom. The number of unbranched alkanes of at least 4 members (excludes halogenated alkanes) is 41. The predicted molar refractivity (Wildman–Crippen MR) is 348 cm³/mol. The van der Waals surface area contributed by atoms with Gasteiger partial charge in [0, 0.05) is 19.3 Å². The van der Waals surface area contributed by atoms with Crippen molar-refractivity contribution in [1.29, 1.82) is 0 Å². The maximum Gasteiger partial charge on any atom is 0.306 e. The number of hydrogen-bond donors (Lipinski definition) is 0. The van der Waals surface area contributed by atoms with E-state index >= 15 is 0 Å². The number of hydrogen-bond acceptors (Lipinski definition) is 6. The molecule has 0 aliphatic rings. The van der Waals surface area contributed by atoms with Crippen LogP contribution in [0.25, 0.3) is 0 Å². The summed E-state index contributed by atoms with van der Waals surface area (Å²) in [6.07, 6.45) is 89.2. The molecule has 0 aromatic rings. The van der Waals surface area contributed by atoms with E-state index in [4.69, 9.17) is 14.2 Å². The number of esters is 3.